The molecule has 1 N–H and O–H groups in total. The molecule has 0 aliphatic carbocycles. The molecular weight excluding hydrogens is 348 g/mol. The molecule has 1 amide bonds. The number of ether oxygens (including phenoxy) is 1. The molecule has 1 heterocycles. The molecule has 1 aromatic heterocycles. The Hall–Kier alpha value is -2.99. The van der Waals surface area contributed by atoms with E-state index in [0.29, 0.717) is 10.7 Å². The number of aromatic nitrogens is 1. The van der Waals surface area contributed by atoms with E-state index in [1.54, 1.807) is 24.3 Å². The summed E-state index contributed by atoms with van der Waals surface area (Å²) in [5.74, 6) is -0.954. The van der Waals surface area contributed by atoms with E-state index in [1.807, 2.05) is 42.6 Å². The number of anilines is 1. The van der Waals surface area contributed by atoms with Crippen LogP contribution in [0.25, 0.3) is 11.3 Å². The number of carbonyl (C=O) groups excluding carboxylic acids is 2. The third kappa shape index (κ3) is 4.34. The molecule has 132 valence electrons. The highest BCUT2D eigenvalue weighted by Crippen LogP contribution is 2.27. The van der Waals surface area contributed by atoms with Crippen LogP contribution in [0.15, 0.2) is 60.0 Å². The van der Waals surface area contributed by atoms with Crippen LogP contribution in [-0.4, -0.2) is 16.9 Å². The second kappa shape index (κ2) is 7.93. The molecule has 0 saturated heterocycles. The van der Waals surface area contributed by atoms with Crippen molar-refractivity contribution in [2.45, 2.75) is 20.0 Å². The van der Waals surface area contributed by atoms with E-state index < -0.39 is 18.0 Å². The van der Waals surface area contributed by atoms with Gasteiger partial charge in [0, 0.05) is 23.4 Å². The SMILES string of the molecule is CC(=O)OC(C(=O)Nc1nc(-c2ccc(C)cc2)cs1)c1ccccc1. The fourth-order valence-corrected chi connectivity index (χ4v) is 3.15. The van der Waals surface area contributed by atoms with E-state index >= 15 is 0 Å². The molecule has 0 saturated carbocycles. The van der Waals surface area contributed by atoms with Crippen LogP contribution in [0.4, 0.5) is 5.13 Å². The van der Waals surface area contributed by atoms with Crippen molar-refractivity contribution in [3.05, 3.63) is 71.1 Å². The number of nitrogens with zero attached hydrogens (tertiary/aromatic N) is 1. The number of carbonyl (C=O) groups is 2. The highest BCUT2D eigenvalue weighted by atomic mass is 32.1. The number of rotatable bonds is 5. The third-order valence-corrected chi connectivity index (χ3v) is 4.46. The van der Waals surface area contributed by atoms with Crippen LogP contribution in [0.5, 0.6) is 0 Å². The van der Waals surface area contributed by atoms with Crippen LogP contribution in [0.3, 0.4) is 0 Å². The molecule has 2 aromatic carbocycles. The zero-order valence-corrected chi connectivity index (χ0v) is 15.2. The maximum absolute atomic E-state index is 12.6. The molecular formula is C20H18N2O3S. The Labute approximate surface area is 155 Å². The predicted octanol–water partition coefficient (Wildman–Crippen LogP) is 4.36. The molecule has 0 fully saturated rings. The van der Waals surface area contributed by atoms with Gasteiger partial charge in [0.1, 0.15) is 0 Å². The summed E-state index contributed by atoms with van der Waals surface area (Å²) < 4.78 is 5.20. The second-order valence-electron chi connectivity index (χ2n) is 5.79. The van der Waals surface area contributed by atoms with Gasteiger partial charge < -0.3 is 4.74 Å². The molecule has 1 unspecified atom stereocenters. The summed E-state index contributed by atoms with van der Waals surface area (Å²) in [6, 6.07) is 16.9. The number of aryl methyl sites for hydroxylation is 1. The lowest BCUT2D eigenvalue weighted by Crippen LogP contribution is -2.25. The number of thiazole rings is 1. The zero-order chi connectivity index (χ0) is 18.5. The normalized spacial score (nSPS) is 11.6. The number of esters is 1. The molecule has 1 atom stereocenters. The van der Waals surface area contributed by atoms with Crippen LogP contribution < -0.4 is 5.32 Å². The lowest BCUT2D eigenvalue weighted by Gasteiger charge is -2.16. The fourth-order valence-electron chi connectivity index (χ4n) is 2.43. The molecule has 3 aromatic rings. The predicted molar refractivity (Wildman–Crippen MR) is 102 cm³/mol. The van der Waals surface area contributed by atoms with Crippen molar-refractivity contribution in [1.29, 1.82) is 0 Å². The van der Waals surface area contributed by atoms with Gasteiger partial charge in [-0.1, -0.05) is 60.2 Å². The lowest BCUT2D eigenvalue weighted by molar-refractivity contribution is -0.152. The van der Waals surface area contributed by atoms with E-state index in [1.165, 1.54) is 23.8 Å². The maximum atomic E-state index is 12.6. The van der Waals surface area contributed by atoms with Crippen molar-refractivity contribution >= 4 is 28.3 Å². The van der Waals surface area contributed by atoms with E-state index in [0.717, 1.165) is 11.3 Å². The molecule has 3 rings (SSSR count). The third-order valence-electron chi connectivity index (χ3n) is 3.71. The largest absolute Gasteiger partial charge is 0.447 e. The van der Waals surface area contributed by atoms with Crippen molar-refractivity contribution in [3.63, 3.8) is 0 Å². The Morgan fingerprint density at radius 3 is 2.42 bits per heavy atom. The number of benzene rings is 2. The Kier molecular flexibility index (Phi) is 5.43. The quantitative estimate of drug-likeness (QED) is 0.681. The first-order valence-corrected chi connectivity index (χ1v) is 8.96. The monoisotopic (exact) mass is 366 g/mol. The first-order valence-electron chi connectivity index (χ1n) is 8.08. The fraction of sp³-hybridized carbons (Fsp3) is 0.150. The summed E-state index contributed by atoms with van der Waals surface area (Å²) in [6.45, 7) is 3.30. The summed E-state index contributed by atoms with van der Waals surface area (Å²) in [5.41, 5.74) is 3.54. The topological polar surface area (TPSA) is 68.3 Å². The highest BCUT2D eigenvalue weighted by Gasteiger charge is 2.24. The van der Waals surface area contributed by atoms with E-state index in [9.17, 15) is 9.59 Å². The summed E-state index contributed by atoms with van der Waals surface area (Å²) in [5, 5.41) is 5.07. The van der Waals surface area contributed by atoms with Gasteiger partial charge in [0.25, 0.3) is 5.91 Å². The minimum absolute atomic E-state index is 0.434. The molecule has 0 spiro atoms. The van der Waals surface area contributed by atoms with Gasteiger partial charge in [0.05, 0.1) is 5.69 Å². The number of hydrogen-bond acceptors (Lipinski definition) is 5. The van der Waals surface area contributed by atoms with Crippen molar-refractivity contribution < 1.29 is 14.3 Å². The van der Waals surface area contributed by atoms with Crippen molar-refractivity contribution in [2.75, 3.05) is 5.32 Å². The molecule has 5 nitrogen and oxygen atoms in total. The van der Waals surface area contributed by atoms with Gasteiger partial charge in [-0.05, 0) is 6.92 Å². The first-order chi connectivity index (χ1) is 12.5. The minimum Gasteiger partial charge on any atom is -0.447 e. The van der Waals surface area contributed by atoms with Crippen LogP contribution >= 0.6 is 11.3 Å². The number of nitrogens with one attached hydrogen (secondary N) is 1. The Balaban J connectivity index is 1.77. The standard InChI is InChI=1S/C20H18N2O3S/c1-13-8-10-15(11-9-13)17-12-26-20(21-17)22-19(24)18(25-14(2)23)16-6-4-3-5-7-16/h3-12,18H,1-2H3,(H,21,22,24). The smallest absolute Gasteiger partial charge is 0.303 e. The lowest BCUT2D eigenvalue weighted by atomic mass is 10.1. The van der Waals surface area contributed by atoms with E-state index in [4.69, 9.17) is 4.74 Å². The Morgan fingerprint density at radius 1 is 1.08 bits per heavy atom. The molecule has 0 aliphatic heterocycles. The minimum atomic E-state index is -1.01. The highest BCUT2D eigenvalue weighted by molar-refractivity contribution is 7.14. The van der Waals surface area contributed by atoms with Gasteiger partial charge in [-0.3, -0.25) is 14.9 Å². The summed E-state index contributed by atoms with van der Waals surface area (Å²) in [4.78, 5) is 28.5. The van der Waals surface area contributed by atoms with Gasteiger partial charge in [0.15, 0.2) is 5.13 Å². The average Bonchev–Trinajstić information content (AvgIpc) is 3.09. The molecule has 26 heavy (non-hydrogen) atoms. The number of amides is 1. The van der Waals surface area contributed by atoms with Crippen LogP contribution in [0.2, 0.25) is 0 Å². The molecule has 0 aliphatic rings. The Bertz CT molecular complexity index is 904. The van der Waals surface area contributed by atoms with E-state index in [2.05, 4.69) is 10.3 Å². The van der Waals surface area contributed by atoms with Gasteiger partial charge in [-0.25, -0.2) is 4.98 Å². The summed E-state index contributed by atoms with van der Waals surface area (Å²) >= 11 is 1.32. The van der Waals surface area contributed by atoms with E-state index in [-0.39, 0.29) is 0 Å². The molecule has 0 bridgehead atoms. The van der Waals surface area contributed by atoms with Crippen LogP contribution in [0, 0.1) is 6.92 Å². The Morgan fingerprint density at radius 2 is 1.77 bits per heavy atom. The van der Waals surface area contributed by atoms with Crippen molar-refractivity contribution in [1.82, 2.24) is 4.98 Å². The van der Waals surface area contributed by atoms with Crippen LogP contribution in [-0.2, 0) is 14.3 Å². The maximum Gasteiger partial charge on any atom is 0.303 e. The van der Waals surface area contributed by atoms with Gasteiger partial charge in [-0.15, -0.1) is 11.3 Å². The summed E-state index contributed by atoms with van der Waals surface area (Å²) in [6.07, 6.45) is -1.01. The van der Waals surface area contributed by atoms with Crippen molar-refractivity contribution in [2.24, 2.45) is 0 Å². The van der Waals surface area contributed by atoms with Gasteiger partial charge in [0.2, 0.25) is 6.10 Å². The van der Waals surface area contributed by atoms with Gasteiger partial charge in [-0.2, -0.15) is 0 Å². The molecule has 6 heteroatoms. The van der Waals surface area contributed by atoms with Crippen LogP contribution in [0.1, 0.15) is 24.2 Å². The van der Waals surface area contributed by atoms with Gasteiger partial charge >= 0.3 is 5.97 Å². The second-order valence-corrected chi connectivity index (χ2v) is 6.65. The van der Waals surface area contributed by atoms with Crippen molar-refractivity contribution in [3.8, 4) is 11.3 Å². The average molecular weight is 366 g/mol. The summed E-state index contributed by atoms with van der Waals surface area (Å²) in [7, 11) is 0. The molecule has 0 radical (unpaired) electrons. The zero-order valence-electron chi connectivity index (χ0n) is 14.4. The first kappa shape index (κ1) is 17.8. The number of hydrogen-bond donors (Lipinski definition) is 1.